The Kier molecular flexibility index (Phi) is 6.16. The molecule has 1 atom stereocenters. The highest BCUT2D eigenvalue weighted by atomic mass is 35.5. The minimum atomic E-state index is 0.433. The van der Waals surface area contributed by atoms with Crippen LogP contribution in [-0.2, 0) is 0 Å². The molecule has 16 heavy (non-hydrogen) atoms. The maximum atomic E-state index is 5.78. The highest BCUT2D eigenvalue weighted by Gasteiger charge is 2.03. The smallest absolute Gasteiger partial charge is 0.134 e. The lowest BCUT2D eigenvalue weighted by Crippen LogP contribution is -2.15. The van der Waals surface area contributed by atoms with Crippen LogP contribution >= 0.6 is 11.6 Å². The minimum Gasteiger partial charge on any atom is -0.367 e. The SMILES string of the molecule is CCCCCCC(C)Nc1cc(Cl)ncn1. The van der Waals surface area contributed by atoms with Crippen LogP contribution in [0.2, 0.25) is 5.15 Å². The number of unbranched alkanes of at least 4 members (excludes halogenated alkanes) is 3. The summed E-state index contributed by atoms with van der Waals surface area (Å²) in [7, 11) is 0. The molecule has 0 saturated carbocycles. The van der Waals surface area contributed by atoms with Crippen LogP contribution in [0.3, 0.4) is 0 Å². The normalized spacial score (nSPS) is 12.4. The van der Waals surface area contributed by atoms with Crippen LogP contribution in [0, 0.1) is 0 Å². The fourth-order valence-electron chi connectivity index (χ4n) is 1.61. The van der Waals surface area contributed by atoms with Gasteiger partial charge in [0.05, 0.1) is 0 Å². The monoisotopic (exact) mass is 241 g/mol. The van der Waals surface area contributed by atoms with E-state index in [9.17, 15) is 0 Å². The standard InChI is InChI=1S/C12H20ClN3/c1-3-4-5-6-7-10(2)16-12-8-11(13)14-9-15-12/h8-10H,3-7H2,1-2H3,(H,14,15,16). The molecule has 0 amide bonds. The predicted octanol–water partition coefficient (Wildman–Crippen LogP) is 3.90. The van der Waals surface area contributed by atoms with Crippen molar-refractivity contribution in [3.05, 3.63) is 17.5 Å². The summed E-state index contributed by atoms with van der Waals surface area (Å²) in [5.74, 6) is 0.808. The van der Waals surface area contributed by atoms with E-state index in [1.165, 1.54) is 38.4 Å². The first-order valence-electron chi connectivity index (χ1n) is 5.96. The summed E-state index contributed by atoms with van der Waals surface area (Å²) in [6.45, 7) is 4.40. The molecule has 0 fully saturated rings. The number of halogens is 1. The molecule has 0 bridgehead atoms. The van der Waals surface area contributed by atoms with Crippen molar-refractivity contribution < 1.29 is 0 Å². The zero-order chi connectivity index (χ0) is 11.8. The van der Waals surface area contributed by atoms with Crippen molar-refractivity contribution in [1.29, 1.82) is 0 Å². The van der Waals surface area contributed by atoms with E-state index in [4.69, 9.17) is 11.6 Å². The third-order valence-corrected chi connectivity index (χ3v) is 2.73. The molecule has 1 aromatic heterocycles. The van der Waals surface area contributed by atoms with Crippen molar-refractivity contribution in [2.45, 2.75) is 52.0 Å². The van der Waals surface area contributed by atoms with E-state index in [1.54, 1.807) is 6.07 Å². The van der Waals surface area contributed by atoms with Crippen molar-refractivity contribution in [3.63, 3.8) is 0 Å². The number of aromatic nitrogens is 2. The zero-order valence-corrected chi connectivity index (χ0v) is 10.8. The molecule has 1 aromatic rings. The average molecular weight is 242 g/mol. The molecule has 0 radical (unpaired) electrons. The van der Waals surface area contributed by atoms with Gasteiger partial charge in [-0.05, 0) is 13.3 Å². The summed E-state index contributed by atoms with van der Waals surface area (Å²) >= 11 is 5.78. The fourth-order valence-corrected chi connectivity index (χ4v) is 1.76. The summed E-state index contributed by atoms with van der Waals surface area (Å²) in [6.07, 6.45) is 7.83. The molecule has 90 valence electrons. The number of rotatable bonds is 7. The van der Waals surface area contributed by atoms with Crippen LogP contribution in [0.15, 0.2) is 12.4 Å². The van der Waals surface area contributed by atoms with E-state index >= 15 is 0 Å². The molecule has 1 heterocycles. The Morgan fingerprint density at radius 1 is 1.31 bits per heavy atom. The number of anilines is 1. The molecule has 0 aliphatic rings. The molecule has 0 aromatic carbocycles. The van der Waals surface area contributed by atoms with Gasteiger partial charge in [0.15, 0.2) is 0 Å². The van der Waals surface area contributed by atoms with Crippen molar-refractivity contribution >= 4 is 17.4 Å². The molecule has 0 aliphatic heterocycles. The Morgan fingerprint density at radius 2 is 2.12 bits per heavy atom. The first-order chi connectivity index (χ1) is 7.72. The van der Waals surface area contributed by atoms with Crippen LogP contribution in [0.5, 0.6) is 0 Å². The van der Waals surface area contributed by atoms with Gasteiger partial charge in [0, 0.05) is 12.1 Å². The van der Waals surface area contributed by atoms with Gasteiger partial charge >= 0.3 is 0 Å². The molecule has 0 aliphatic carbocycles. The second kappa shape index (κ2) is 7.44. The Labute approximate surface area is 103 Å². The molecular formula is C12H20ClN3. The largest absolute Gasteiger partial charge is 0.367 e. The van der Waals surface area contributed by atoms with E-state index in [-0.39, 0.29) is 0 Å². The van der Waals surface area contributed by atoms with Crippen LogP contribution < -0.4 is 5.32 Å². The van der Waals surface area contributed by atoms with Crippen LogP contribution in [-0.4, -0.2) is 16.0 Å². The summed E-state index contributed by atoms with van der Waals surface area (Å²) < 4.78 is 0. The van der Waals surface area contributed by atoms with Crippen LogP contribution in [0.1, 0.15) is 46.0 Å². The van der Waals surface area contributed by atoms with Gasteiger partial charge in [-0.15, -0.1) is 0 Å². The summed E-state index contributed by atoms with van der Waals surface area (Å²) in [5.41, 5.74) is 0. The third kappa shape index (κ3) is 5.31. The minimum absolute atomic E-state index is 0.433. The summed E-state index contributed by atoms with van der Waals surface area (Å²) in [5, 5.41) is 3.81. The van der Waals surface area contributed by atoms with E-state index in [1.807, 2.05) is 0 Å². The molecule has 4 heteroatoms. The lowest BCUT2D eigenvalue weighted by molar-refractivity contribution is 0.593. The number of nitrogens with zero attached hydrogens (tertiary/aromatic N) is 2. The molecule has 1 rings (SSSR count). The number of hydrogen-bond acceptors (Lipinski definition) is 3. The Morgan fingerprint density at radius 3 is 2.81 bits per heavy atom. The Bertz CT molecular complexity index is 304. The van der Waals surface area contributed by atoms with E-state index < -0.39 is 0 Å². The first kappa shape index (κ1) is 13.2. The van der Waals surface area contributed by atoms with Gasteiger partial charge in [0.25, 0.3) is 0 Å². The number of hydrogen-bond donors (Lipinski definition) is 1. The van der Waals surface area contributed by atoms with Gasteiger partial charge in [-0.2, -0.15) is 0 Å². The molecule has 1 unspecified atom stereocenters. The maximum absolute atomic E-state index is 5.78. The Balaban J connectivity index is 2.25. The van der Waals surface area contributed by atoms with Gasteiger partial charge in [-0.3, -0.25) is 0 Å². The van der Waals surface area contributed by atoms with E-state index in [2.05, 4.69) is 29.1 Å². The first-order valence-corrected chi connectivity index (χ1v) is 6.34. The molecular weight excluding hydrogens is 222 g/mol. The van der Waals surface area contributed by atoms with Crippen molar-refractivity contribution in [2.75, 3.05) is 5.32 Å². The van der Waals surface area contributed by atoms with Gasteiger partial charge in [0.2, 0.25) is 0 Å². The van der Waals surface area contributed by atoms with Crippen molar-refractivity contribution in [2.24, 2.45) is 0 Å². The molecule has 3 nitrogen and oxygen atoms in total. The van der Waals surface area contributed by atoms with Gasteiger partial charge in [-0.1, -0.05) is 44.2 Å². The summed E-state index contributed by atoms with van der Waals surface area (Å²) in [6, 6.07) is 2.19. The van der Waals surface area contributed by atoms with Crippen LogP contribution in [0.4, 0.5) is 5.82 Å². The highest BCUT2D eigenvalue weighted by Crippen LogP contribution is 2.12. The second-order valence-corrected chi connectivity index (χ2v) is 4.51. The van der Waals surface area contributed by atoms with E-state index in [0.29, 0.717) is 11.2 Å². The maximum Gasteiger partial charge on any atom is 0.134 e. The lowest BCUT2D eigenvalue weighted by Gasteiger charge is -2.13. The topological polar surface area (TPSA) is 37.8 Å². The average Bonchev–Trinajstić information content (AvgIpc) is 2.24. The molecule has 0 spiro atoms. The lowest BCUT2D eigenvalue weighted by atomic mass is 10.1. The van der Waals surface area contributed by atoms with Gasteiger partial charge < -0.3 is 5.32 Å². The second-order valence-electron chi connectivity index (χ2n) is 4.12. The molecule has 0 saturated heterocycles. The van der Waals surface area contributed by atoms with Gasteiger partial charge in [-0.25, -0.2) is 9.97 Å². The third-order valence-electron chi connectivity index (χ3n) is 2.52. The Hall–Kier alpha value is -0.830. The van der Waals surface area contributed by atoms with Gasteiger partial charge in [0.1, 0.15) is 17.3 Å². The van der Waals surface area contributed by atoms with Crippen molar-refractivity contribution in [1.82, 2.24) is 9.97 Å². The van der Waals surface area contributed by atoms with Crippen LogP contribution in [0.25, 0.3) is 0 Å². The fraction of sp³-hybridized carbons (Fsp3) is 0.667. The quantitative estimate of drug-likeness (QED) is 0.581. The highest BCUT2D eigenvalue weighted by molar-refractivity contribution is 6.29. The predicted molar refractivity (Wildman–Crippen MR) is 68.9 cm³/mol. The van der Waals surface area contributed by atoms with E-state index in [0.717, 1.165) is 5.82 Å². The molecule has 1 N–H and O–H groups in total. The summed E-state index contributed by atoms with van der Waals surface area (Å²) in [4.78, 5) is 7.97. The van der Waals surface area contributed by atoms with Crippen molar-refractivity contribution in [3.8, 4) is 0 Å². The number of nitrogens with one attached hydrogen (secondary N) is 1. The zero-order valence-electron chi connectivity index (χ0n) is 10.0.